The maximum atomic E-state index is 6.01. The zero-order chi connectivity index (χ0) is 19.3. The Balaban J connectivity index is 0.00000240. The normalized spacial score (nSPS) is 26.7. The number of ether oxygens (including phenoxy) is 1. The number of nitrogens with one attached hydrogen (secondary N) is 1. The number of hydrogen-bond acceptors (Lipinski definition) is 4. The van der Waals surface area contributed by atoms with Gasteiger partial charge in [-0.1, -0.05) is 12.8 Å². The average Bonchev–Trinajstić information content (AvgIpc) is 3.34. The van der Waals surface area contributed by atoms with E-state index in [1.165, 1.54) is 38.8 Å². The molecule has 7 heteroatoms. The Hall–Kier alpha value is -0.800. The van der Waals surface area contributed by atoms with Crippen molar-refractivity contribution in [2.24, 2.45) is 16.8 Å². The number of guanidine groups is 1. The van der Waals surface area contributed by atoms with E-state index in [-0.39, 0.29) is 30.0 Å². The molecule has 3 unspecified atom stereocenters. The molecule has 2 saturated heterocycles. The molecule has 1 aromatic heterocycles. The summed E-state index contributed by atoms with van der Waals surface area (Å²) >= 11 is 0. The van der Waals surface area contributed by atoms with Gasteiger partial charge in [0.1, 0.15) is 11.5 Å². The van der Waals surface area contributed by atoms with Gasteiger partial charge < -0.3 is 19.4 Å². The van der Waals surface area contributed by atoms with Crippen LogP contribution in [0.1, 0.15) is 50.2 Å². The Labute approximate surface area is 192 Å². The summed E-state index contributed by atoms with van der Waals surface area (Å²) in [6.45, 7) is 11.6. The molecule has 4 rings (SSSR count). The zero-order valence-corrected chi connectivity index (χ0v) is 20.3. The molecule has 3 fully saturated rings. The SMILES string of the molecule is CCNC(=NCC(c1ccc(C)o1)N1CCOCC1)N1CC2CCCCC2C1.I. The number of fused-ring (bicyclic) bond motifs is 1. The fourth-order valence-electron chi connectivity index (χ4n) is 5.08. The first-order chi connectivity index (χ1) is 13.7. The van der Waals surface area contributed by atoms with Crippen LogP contribution in [0, 0.1) is 18.8 Å². The molecule has 1 saturated carbocycles. The molecular weight excluding hydrogens is 479 g/mol. The van der Waals surface area contributed by atoms with Crippen LogP contribution in [0.15, 0.2) is 21.5 Å². The van der Waals surface area contributed by atoms with Crippen LogP contribution in [0.2, 0.25) is 0 Å². The minimum absolute atomic E-state index is 0. The third-order valence-electron chi connectivity index (χ3n) is 6.60. The summed E-state index contributed by atoms with van der Waals surface area (Å²) in [5.74, 6) is 4.79. The highest BCUT2D eigenvalue weighted by molar-refractivity contribution is 14.0. The van der Waals surface area contributed by atoms with E-state index in [1.54, 1.807) is 0 Å². The van der Waals surface area contributed by atoms with Gasteiger partial charge in [0.05, 0.1) is 25.8 Å². The van der Waals surface area contributed by atoms with Crippen LogP contribution in [0.25, 0.3) is 0 Å². The first-order valence-corrected chi connectivity index (χ1v) is 11.2. The Morgan fingerprint density at radius 2 is 1.86 bits per heavy atom. The van der Waals surface area contributed by atoms with Crippen LogP contribution in [0.3, 0.4) is 0 Å². The van der Waals surface area contributed by atoms with Gasteiger partial charge in [0, 0.05) is 32.7 Å². The molecule has 3 heterocycles. The van der Waals surface area contributed by atoms with E-state index in [0.717, 1.165) is 68.7 Å². The third kappa shape index (κ3) is 5.67. The molecule has 3 atom stereocenters. The van der Waals surface area contributed by atoms with Crippen molar-refractivity contribution in [1.29, 1.82) is 0 Å². The highest BCUT2D eigenvalue weighted by Gasteiger charge is 2.35. The second-order valence-corrected chi connectivity index (χ2v) is 8.52. The van der Waals surface area contributed by atoms with Gasteiger partial charge in [0.25, 0.3) is 0 Å². The molecule has 0 radical (unpaired) electrons. The maximum absolute atomic E-state index is 6.01. The Bertz CT molecular complexity index is 645. The molecule has 1 N–H and O–H groups in total. The topological polar surface area (TPSA) is 53.2 Å². The number of aliphatic imine (C=N–C) groups is 1. The monoisotopic (exact) mass is 516 g/mol. The van der Waals surface area contributed by atoms with Crippen molar-refractivity contribution in [2.75, 3.05) is 52.5 Å². The van der Waals surface area contributed by atoms with Gasteiger partial charge >= 0.3 is 0 Å². The number of rotatable bonds is 5. The van der Waals surface area contributed by atoms with Crippen LogP contribution < -0.4 is 5.32 Å². The summed E-state index contributed by atoms with van der Waals surface area (Å²) in [6, 6.07) is 4.35. The number of halogens is 1. The van der Waals surface area contributed by atoms with Crippen LogP contribution in [-0.2, 0) is 4.74 Å². The zero-order valence-electron chi connectivity index (χ0n) is 17.9. The minimum Gasteiger partial charge on any atom is -0.465 e. The number of morpholine rings is 1. The van der Waals surface area contributed by atoms with Crippen molar-refractivity contribution < 1.29 is 9.15 Å². The molecule has 6 nitrogen and oxygen atoms in total. The Morgan fingerprint density at radius 1 is 1.17 bits per heavy atom. The van der Waals surface area contributed by atoms with Crippen molar-refractivity contribution in [1.82, 2.24) is 15.1 Å². The smallest absolute Gasteiger partial charge is 0.194 e. The molecule has 0 amide bonds. The average molecular weight is 516 g/mol. The van der Waals surface area contributed by atoms with Gasteiger partial charge in [-0.25, -0.2) is 0 Å². The molecule has 2 aliphatic heterocycles. The molecule has 0 aromatic carbocycles. The number of aryl methyl sites for hydroxylation is 1. The van der Waals surface area contributed by atoms with Crippen molar-refractivity contribution in [3.8, 4) is 0 Å². The van der Waals surface area contributed by atoms with E-state index in [9.17, 15) is 0 Å². The van der Waals surface area contributed by atoms with Crippen molar-refractivity contribution >= 4 is 29.9 Å². The van der Waals surface area contributed by atoms with Gasteiger partial charge in [-0.3, -0.25) is 9.89 Å². The largest absolute Gasteiger partial charge is 0.465 e. The van der Waals surface area contributed by atoms with Crippen molar-refractivity contribution in [3.05, 3.63) is 23.7 Å². The lowest BCUT2D eigenvalue weighted by Crippen LogP contribution is -2.42. The van der Waals surface area contributed by atoms with Gasteiger partial charge in [-0.15, -0.1) is 24.0 Å². The van der Waals surface area contributed by atoms with E-state index < -0.39 is 0 Å². The second kappa shape index (κ2) is 11.0. The Kier molecular flexibility index (Phi) is 8.68. The van der Waals surface area contributed by atoms with E-state index in [4.69, 9.17) is 14.1 Å². The van der Waals surface area contributed by atoms with Crippen molar-refractivity contribution in [2.45, 2.75) is 45.6 Å². The summed E-state index contributed by atoms with van der Waals surface area (Å²) in [5.41, 5.74) is 0. The lowest BCUT2D eigenvalue weighted by Gasteiger charge is -2.33. The summed E-state index contributed by atoms with van der Waals surface area (Å²) in [4.78, 5) is 10.1. The predicted molar refractivity (Wildman–Crippen MR) is 127 cm³/mol. The van der Waals surface area contributed by atoms with E-state index >= 15 is 0 Å². The first-order valence-electron chi connectivity index (χ1n) is 11.2. The molecule has 3 aliphatic rings. The molecule has 164 valence electrons. The van der Waals surface area contributed by atoms with Gasteiger partial charge in [0.15, 0.2) is 5.96 Å². The standard InChI is InChI=1S/C22H36N4O2.HI/c1-3-23-22(26-15-18-6-4-5-7-19(18)16-26)24-14-20(21-9-8-17(2)28-21)25-10-12-27-13-11-25;/h8-9,18-20H,3-7,10-16H2,1-2H3,(H,23,24);1H. The third-order valence-corrected chi connectivity index (χ3v) is 6.60. The Morgan fingerprint density at radius 3 is 2.45 bits per heavy atom. The lowest BCUT2D eigenvalue weighted by molar-refractivity contribution is 0.0135. The summed E-state index contributed by atoms with van der Waals surface area (Å²) in [5, 5.41) is 3.55. The molecule has 0 bridgehead atoms. The van der Waals surface area contributed by atoms with Crippen LogP contribution in [0.5, 0.6) is 0 Å². The molecule has 0 spiro atoms. The molecule has 1 aromatic rings. The molecular formula is C22H37IN4O2. The second-order valence-electron chi connectivity index (χ2n) is 8.52. The predicted octanol–water partition coefficient (Wildman–Crippen LogP) is 3.67. The fraction of sp³-hybridized carbons (Fsp3) is 0.773. The van der Waals surface area contributed by atoms with Gasteiger partial charge in [-0.05, 0) is 50.7 Å². The van der Waals surface area contributed by atoms with Crippen LogP contribution >= 0.6 is 24.0 Å². The fourth-order valence-corrected chi connectivity index (χ4v) is 5.08. The van der Waals surface area contributed by atoms with E-state index in [0.29, 0.717) is 0 Å². The van der Waals surface area contributed by atoms with E-state index in [2.05, 4.69) is 34.2 Å². The minimum atomic E-state index is 0. The number of hydrogen-bond donors (Lipinski definition) is 1. The van der Waals surface area contributed by atoms with Gasteiger partial charge in [-0.2, -0.15) is 0 Å². The van der Waals surface area contributed by atoms with Crippen LogP contribution in [0.4, 0.5) is 0 Å². The number of furan rings is 1. The molecule has 29 heavy (non-hydrogen) atoms. The summed E-state index contributed by atoms with van der Waals surface area (Å²) < 4.78 is 11.6. The first kappa shape index (κ1) is 22.9. The highest BCUT2D eigenvalue weighted by atomic mass is 127. The van der Waals surface area contributed by atoms with Crippen molar-refractivity contribution in [3.63, 3.8) is 0 Å². The van der Waals surface area contributed by atoms with Crippen LogP contribution in [-0.4, -0.2) is 68.2 Å². The number of nitrogens with zero attached hydrogens (tertiary/aromatic N) is 3. The number of likely N-dealkylation sites (tertiary alicyclic amines) is 1. The van der Waals surface area contributed by atoms with E-state index in [1.807, 2.05) is 6.92 Å². The molecule has 1 aliphatic carbocycles. The highest BCUT2D eigenvalue weighted by Crippen LogP contribution is 2.36. The van der Waals surface area contributed by atoms with Gasteiger partial charge in [0.2, 0.25) is 0 Å². The summed E-state index contributed by atoms with van der Waals surface area (Å²) in [6.07, 6.45) is 5.59. The summed E-state index contributed by atoms with van der Waals surface area (Å²) in [7, 11) is 0. The lowest BCUT2D eigenvalue weighted by atomic mass is 9.82. The maximum Gasteiger partial charge on any atom is 0.194 e. The quantitative estimate of drug-likeness (QED) is 0.368.